The lowest BCUT2D eigenvalue weighted by Crippen LogP contribution is -1.92. The van der Waals surface area contributed by atoms with Gasteiger partial charge in [-0.2, -0.15) is 0 Å². The van der Waals surface area contributed by atoms with E-state index in [0.717, 1.165) is 16.7 Å². The summed E-state index contributed by atoms with van der Waals surface area (Å²) in [5, 5.41) is 12.1. The predicted octanol–water partition coefficient (Wildman–Crippen LogP) is 4.47. The Hall–Kier alpha value is -1.58. The van der Waals surface area contributed by atoms with Gasteiger partial charge in [-0.15, -0.1) is 0 Å². The Morgan fingerprint density at radius 1 is 1.06 bits per heavy atom. The number of rotatable bonds is 1. The van der Waals surface area contributed by atoms with Gasteiger partial charge in [-0.05, 0) is 41.3 Å². The summed E-state index contributed by atoms with van der Waals surface area (Å²) < 4.78 is 0. The maximum atomic E-state index is 11.1. The number of nitrogens with zero attached hydrogens (tertiary/aromatic N) is 1. The highest BCUT2D eigenvalue weighted by Gasteiger charge is 2.27. The molecule has 0 radical (unpaired) electrons. The molecule has 18 heavy (non-hydrogen) atoms. The molecule has 0 aliphatic heterocycles. The van der Waals surface area contributed by atoms with Gasteiger partial charge >= 0.3 is 0 Å². The second-order valence-corrected chi connectivity index (χ2v) is 5.07. The van der Waals surface area contributed by atoms with Crippen LogP contribution in [0, 0.1) is 10.1 Å². The molecule has 0 spiro atoms. The molecule has 90 valence electrons. The van der Waals surface area contributed by atoms with Gasteiger partial charge in [0.25, 0.3) is 5.69 Å². The molecule has 0 unspecified atom stereocenters. The molecule has 0 fully saturated rings. The van der Waals surface area contributed by atoms with Gasteiger partial charge in [0.05, 0.1) is 10.5 Å². The molecule has 2 aromatic rings. The Morgan fingerprint density at radius 2 is 1.78 bits per heavy atom. The van der Waals surface area contributed by atoms with Gasteiger partial charge < -0.3 is 0 Å². The van der Waals surface area contributed by atoms with E-state index >= 15 is 0 Å². The van der Waals surface area contributed by atoms with Crippen molar-refractivity contribution in [2.75, 3.05) is 0 Å². The Morgan fingerprint density at radius 3 is 2.50 bits per heavy atom. The summed E-state index contributed by atoms with van der Waals surface area (Å²) in [6, 6.07) is 8.58. The molecule has 0 amide bonds. The molecule has 0 atom stereocenters. The van der Waals surface area contributed by atoms with E-state index in [0.29, 0.717) is 22.0 Å². The van der Waals surface area contributed by atoms with Crippen LogP contribution in [0.2, 0.25) is 10.0 Å². The van der Waals surface area contributed by atoms with Crippen LogP contribution in [-0.4, -0.2) is 4.92 Å². The number of hydrogen-bond donors (Lipinski definition) is 0. The standard InChI is InChI=1S/C13H7Cl2NO2/c14-9-1-2-11-7(4-9)3-8-5-10(15)6-12(13(8)11)16(17)18/h1-2,4-6H,3H2. The molecular weight excluding hydrogens is 273 g/mol. The zero-order valence-corrected chi connectivity index (χ0v) is 10.6. The van der Waals surface area contributed by atoms with Gasteiger partial charge in [-0.3, -0.25) is 10.1 Å². The van der Waals surface area contributed by atoms with Crippen LogP contribution in [0.5, 0.6) is 0 Å². The van der Waals surface area contributed by atoms with Crippen molar-refractivity contribution in [2.24, 2.45) is 0 Å². The summed E-state index contributed by atoms with van der Waals surface area (Å²) in [7, 11) is 0. The van der Waals surface area contributed by atoms with Gasteiger partial charge in [0.15, 0.2) is 0 Å². The third-order valence-corrected chi connectivity index (χ3v) is 3.53. The molecule has 5 heteroatoms. The Bertz CT molecular complexity index is 683. The summed E-state index contributed by atoms with van der Waals surface area (Å²) in [5.74, 6) is 0. The molecule has 0 N–H and O–H groups in total. The molecule has 3 nitrogen and oxygen atoms in total. The third kappa shape index (κ3) is 1.67. The molecule has 3 rings (SSSR count). The van der Waals surface area contributed by atoms with Gasteiger partial charge in [0, 0.05) is 16.1 Å². The van der Waals surface area contributed by atoms with Crippen molar-refractivity contribution < 1.29 is 4.92 Å². The van der Waals surface area contributed by atoms with E-state index in [-0.39, 0.29) is 5.69 Å². The number of benzene rings is 2. The molecule has 1 aliphatic rings. The van der Waals surface area contributed by atoms with Crippen LogP contribution in [0.4, 0.5) is 5.69 Å². The number of fused-ring (bicyclic) bond motifs is 3. The molecule has 0 bridgehead atoms. The lowest BCUT2D eigenvalue weighted by atomic mass is 10.0. The number of nitro groups is 1. The van der Waals surface area contributed by atoms with Crippen molar-refractivity contribution >= 4 is 28.9 Å². The number of hydrogen-bond acceptors (Lipinski definition) is 2. The highest BCUT2D eigenvalue weighted by Crippen LogP contribution is 2.44. The average molecular weight is 280 g/mol. The Balaban J connectivity index is 2.32. The van der Waals surface area contributed by atoms with E-state index in [1.165, 1.54) is 6.07 Å². The van der Waals surface area contributed by atoms with Crippen LogP contribution in [0.25, 0.3) is 11.1 Å². The normalized spacial score (nSPS) is 12.1. The van der Waals surface area contributed by atoms with E-state index in [4.69, 9.17) is 23.2 Å². The fourth-order valence-electron chi connectivity index (χ4n) is 2.40. The smallest absolute Gasteiger partial charge is 0.258 e. The SMILES string of the molecule is O=[N+]([O-])c1cc(Cl)cc2c1-c1ccc(Cl)cc1C2. The topological polar surface area (TPSA) is 43.1 Å². The third-order valence-electron chi connectivity index (χ3n) is 3.08. The van der Waals surface area contributed by atoms with Crippen LogP contribution >= 0.6 is 23.2 Å². The maximum Gasteiger partial charge on any atom is 0.278 e. The average Bonchev–Trinajstić information content (AvgIpc) is 2.64. The van der Waals surface area contributed by atoms with Crippen molar-refractivity contribution in [3.8, 4) is 11.1 Å². The maximum absolute atomic E-state index is 11.1. The highest BCUT2D eigenvalue weighted by molar-refractivity contribution is 6.31. The summed E-state index contributed by atoms with van der Waals surface area (Å²) >= 11 is 11.9. The summed E-state index contributed by atoms with van der Waals surface area (Å²) in [6.07, 6.45) is 0.632. The quantitative estimate of drug-likeness (QED) is 0.487. The Labute approximate surface area is 113 Å². The molecule has 2 aromatic carbocycles. The summed E-state index contributed by atoms with van der Waals surface area (Å²) in [5.41, 5.74) is 3.47. The van der Waals surface area contributed by atoms with Crippen LogP contribution in [-0.2, 0) is 6.42 Å². The largest absolute Gasteiger partial charge is 0.278 e. The minimum absolute atomic E-state index is 0.0542. The van der Waals surface area contributed by atoms with E-state index in [9.17, 15) is 10.1 Å². The van der Waals surface area contributed by atoms with Crippen molar-refractivity contribution in [3.63, 3.8) is 0 Å². The molecule has 0 saturated carbocycles. The zero-order valence-electron chi connectivity index (χ0n) is 9.11. The lowest BCUT2D eigenvalue weighted by Gasteiger charge is -2.03. The van der Waals surface area contributed by atoms with Crippen molar-refractivity contribution in [1.29, 1.82) is 0 Å². The van der Waals surface area contributed by atoms with E-state index in [1.54, 1.807) is 12.1 Å². The molecule has 0 saturated heterocycles. The second kappa shape index (κ2) is 3.97. The summed E-state index contributed by atoms with van der Waals surface area (Å²) in [6.45, 7) is 0. The van der Waals surface area contributed by atoms with Crippen LogP contribution in [0.3, 0.4) is 0 Å². The summed E-state index contributed by atoms with van der Waals surface area (Å²) in [4.78, 5) is 10.7. The van der Waals surface area contributed by atoms with Gasteiger partial charge in [-0.25, -0.2) is 0 Å². The fourth-order valence-corrected chi connectivity index (χ4v) is 2.83. The first-order valence-corrected chi connectivity index (χ1v) is 6.07. The van der Waals surface area contributed by atoms with Crippen molar-refractivity contribution in [2.45, 2.75) is 6.42 Å². The zero-order chi connectivity index (χ0) is 12.9. The van der Waals surface area contributed by atoms with Gasteiger partial charge in [0.1, 0.15) is 0 Å². The van der Waals surface area contributed by atoms with E-state index in [1.807, 2.05) is 12.1 Å². The van der Waals surface area contributed by atoms with Crippen molar-refractivity contribution in [3.05, 3.63) is 61.6 Å². The number of nitro benzene ring substituents is 1. The Kier molecular flexibility index (Phi) is 2.54. The lowest BCUT2D eigenvalue weighted by molar-refractivity contribution is -0.384. The molecule has 0 heterocycles. The van der Waals surface area contributed by atoms with Crippen molar-refractivity contribution in [1.82, 2.24) is 0 Å². The van der Waals surface area contributed by atoms with Gasteiger partial charge in [0.2, 0.25) is 0 Å². The first-order chi connectivity index (χ1) is 8.56. The fraction of sp³-hybridized carbons (Fsp3) is 0.0769. The second-order valence-electron chi connectivity index (χ2n) is 4.19. The first-order valence-electron chi connectivity index (χ1n) is 5.32. The monoisotopic (exact) mass is 279 g/mol. The molecule has 1 aliphatic carbocycles. The minimum atomic E-state index is -0.394. The molecule has 0 aromatic heterocycles. The predicted molar refractivity (Wildman–Crippen MR) is 71.4 cm³/mol. The van der Waals surface area contributed by atoms with E-state index in [2.05, 4.69) is 0 Å². The first kappa shape index (κ1) is 11.5. The van der Waals surface area contributed by atoms with E-state index < -0.39 is 4.92 Å². The molecular formula is C13H7Cl2NO2. The highest BCUT2D eigenvalue weighted by atomic mass is 35.5. The van der Waals surface area contributed by atoms with Gasteiger partial charge in [-0.1, -0.05) is 29.3 Å². The van der Waals surface area contributed by atoms with Crippen LogP contribution < -0.4 is 0 Å². The number of halogens is 2. The van der Waals surface area contributed by atoms with Crippen LogP contribution in [0.15, 0.2) is 30.3 Å². The van der Waals surface area contributed by atoms with Crippen LogP contribution in [0.1, 0.15) is 11.1 Å². The minimum Gasteiger partial charge on any atom is -0.258 e.